The minimum atomic E-state index is -0.770. The number of likely N-dealkylation sites (tertiary alicyclic amines) is 1. The molecule has 1 saturated heterocycles. The van der Waals surface area contributed by atoms with Gasteiger partial charge in [0.1, 0.15) is 6.54 Å². The maximum atomic E-state index is 12.3. The number of hydrogen-bond donors (Lipinski definition) is 1. The van der Waals surface area contributed by atoms with Gasteiger partial charge >= 0.3 is 5.97 Å². The van der Waals surface area contributed by atoms with E-state index in [9.17, 15) is 19.2 Å². The molecule has 1 aromatic carbocycles. The third kappa shape index (κ3) is 4.42. The summed E-state index contributed by atoms with van der Waals surface area (Å²) in [7, 11) is 0. The second kappa shape index (κ2) is 8.16. The molecule has 1 heterocycles. The molecule has 2 aliphatic rings. The average molecular weight is 370 g/mol. The molecule has 1 aliphatic carbocycles. The van der Waals surface area contributed by atoms with Crippen LogP contribution in [0.3, 0.4) is 0 Å². The number of fused-ring (bicyclic) bond motifs is 1. The summed E-state index contributed by atoms with van der Waals surface area (Å²) in [5, 5.41) is 2.65. The molecule has 142 valence electrons. The van der Waals surface area contributed by atoms with Gasteiger partial charge < -0.3 is 10.1 Å². The summed E-state index contributed by atoms with van der Waals surface area (Å²) < 4.78 is 4.91. The number of nitrogens with zero attached hydrogens (tertiary/aromatic N) is 1. The fourth-order valence-electron chi connectivity index (χ4n) is 3.30. The van der Waals surface area contributed by atoms with Crippen LogP contribution in [-0.4, -0.2) is 41.7 Å². The molecule has 27 heavy (non-hydrogen) atoms. The number of amides is 3. The summed E-state index contributed by atoms with van der Waals surface area (Å²) >= 11 is 0. The van der Waals surface area contributed by atoms with Gasteiger partial charge in [-0.05, 0) is 25.3 Å². The minimum absolute atomic E-state index is 0.329. The van der Waals surface area contributed by atoms with Crippen molar-refractivity contribution in [1.29, 1.82) is 0 Å². The molecular weight excluding hydrogens is 348 g/mol. The number of allylic oxidation sites excluding steroid dienone is 2. The molecule has 0 spiro atoms. The Labute approximate surface area is 157 Å². The van der Waals surface area contributed by atoms with Crippen molar-refractivity contribution >= 4 is 23.7 Å². The topological polar surface area (TPSA) is 92.8 Å². The Bertz CT molecular complexity index is 758. The van der Waals surface area contributed by atoms with Crippen LogP contribution in [0.2, 0.25) is 0 Å². The summed E-state index contributed by atoms with van der Waals surface area (Å²) in [5.41, 5.74) is 2.06. The quantitative estimate of drug-likeness (QED) is 0.460. The number of carbonyl (C=O) groups excluding carboxylic acids is 4. The van der Waals surface area contributed by atoms with Gasteiger partial charge in [-0.25, -0.2) is 0 Å². The number of nitrogens with one attached hydrogen (secondary N) is 1. The van der Waals surface area contributed by atoms with Gasteiger partial charge in [-0.2, -0.15) is 0 Å². The number of benzene rings is 1. The first-order chi connectivity index (χ1) is 13.0. The molecule has 1 aliphatic heterocycles. The van der Waals surface area contributed by atoms with Crippen molar-refractivity contribution in [2.75, 3.05) is 13.2 Å². The lowest BCUT2D eigenvalue weighted by atomic mass is 9.85. The van der Waals surface area contributed by atoms with Gasteiger partial charge in [0.25, 0.3) is 5.91 Å². The number of carbonyl (C=O) groups is 4. The number of esters is 1. The van der Waals surface area contributed by atoms with Crippen LogP contribution in [0, 0.1) is 18.8 Å². The van der Waals surface area contributed by atoms with E-state index in [0.717, 1.165) is 16.0 Å². The molecule has 2 atom stereocenters. The Morgan fingerprint density at radius 2 is 1.67 bits per heavy atom. The van der Waals surface area contributed by atoms with Crippen LogP contribution >= 0.6 is 0 Å². The van der Waals surface area contributed by atoms with Crippen LogP contribution < -0.4 is 5.32 Å². The Morgan fingerprint density at radius 3 is 2.26 bits per heavy atom. The predicted molar refractivity (Wildman–Crippen MR) is 96.1 cm³/mol. The van der Waals surface area contributed by atoms with Gasteiger partial charge in [0.15, 0.2) is 6.61 Å². The summed E-state index contributed by atoms with van der Waals surface area (Å²) in [4.78, 5) is 49.3. The molecule has 0 saturated carbocycles. The van der Waals surface area contributed by atoms with Gasteiger partial charge in [-0.3, -0.25) is 24.1 Å². The van der Waals surface area contributed by atoms with Crippen molar-refractivity contribution in [3.05, 3.63) is 47.5 Å². The zero-order valence-electron chi connectivity index (χ0n) is 15.1. The second-order valence-electron chi connectivity index (χ2n) is 6.84. The number of imide groups is 1. The van der Waals surface area contributed by atoms with Crippen molar-refractivity contribution < 1.29 is 23.9 Å². The van der Waals surface area contributed by atoms with Crippen LogP contribution in [0.15, 0.2) is 36.4 Å². The Morgan fingerprint density at radius 1 is 1.07 bits per heavy atom. The lowest BCUT2D eigenvalue weighted by Crippen LogP contribution is -2.38. The highest BCUT2D eigenvalue weighted by atomic mass is 16.5. The highest BCUT2D eigenvalue weighted by Gasteiger charge is 2.47. The zero-order chi connectivity index (χ0) is 19.4. The molecule has 1 fully saturated rings. The zero-order valence-corrected chi connectivity index (χ0v) is 15.1. The fourth-order valence-corrected chi connectivity index (χ4v) is 3.30. The van der Waals surface area contributed by atoms with Crippen LogP contribution in [0.4, 0.5) is 0 Å². The van der Waals surface area contributed by atoms with E-state index >= 15 is 0 Å². The lowest BCUT2D eigenvalue weighted by molar-refractivity contribution is -0.154. The summed E-state index contributed by atoms with van der Waals surface area (Å²) in [6.07, 6.45) is 4.80. The van der Waals surface area contributed by atoms with E-state index in [1.54, 1.807) is 0 Å². The monoisotopic (exact) mass is 370 g/mol. The molecule has 7 nitrogen and oxygen atoms in total. The van der Waals surface area contributed by atoms with Crippen molar-refractivity contribution in [2.45, 2.75) is 26.3 Å². The smallest absolute Gasteiger partial charge is 0.326 e. The first-order valence-corrected chi connectivity index (χ1v) is 8.94. The van der Waals surface area contributed by atoms with E-state index in [4.69, 9.17) is 4.74 Å². The van der Waals surface area contributed by atoms with Crippen molar-refractivity contribution in [3.8, 4) is 0 Å². The summed E-state index contributed by atoms with van der Waals surface area (Å²) in [6.45, 7) is 1.41. The van der Waals surface area contributed by atoms with Gasteiger partial charge in [0, 0.05) is 6.54 Å². The Balaban J connectivity index is 1.43. The maximum Gasteiger partial charge on any atom is 0.326 e. The van der Waals surface area contributed by atoms with E-state index in [-0.39, 0.29) is 23.7 Å². The molecule has 0 radical (unpaired) electrons. The fraction of sp³-hybridized carbons (Fsp3) is 0.400. The minimum Gasteiger partial charge on any atom is -0.454 e. The molecule has 7 heteroatoms. The number of ether oxygens (including phenoxy) is 1. The third-order valence-electron chi connectivity index (χ3n) is 4.86. The van der Waals surface area contributed by atoms with Gasteiger partial charge in [0.05, 0.1) is 11.8 Å². The van der Waals surface area contributed by atoms with Gasteiger partial charge in [-0.1, -0.05) is 42.0 Å². The van der Waals surface area contributed by atoms with Crippen molar-refractivity contribution in [1.82, 2.24) is 10.2 Å². The molecular formula is C20H22N2O5. The summed E-state index contributed by atoms with van der Waals surface area (Å²) in [6, 6.07) is 7.69. The van der Waals surface area contributed by atoms with E-state index in [1.165, 1.54) is 0 Å². The van der Waals surface area contributed by atoms with Gasteiger partial charge in [-0.15, -0.1) is 0 Å². The molecule has 0 unspecified atom stereocenters. The number of hydrogen-bond acceptors (Lipinski definition) is 5. The Kier molecular flexibility index (Phi) is 5.69. The van der Waals surface area contributed by atoms with Crippen LogP contribution in [0.1, 0.15) is 24.0 Å². The maximum absolute atomic E-state index is 12.3. The SMILES string of the molecule is Cc1ccc(CNC(=O)COC(=O)CN2C(=O)[C@H]3CC=CC[C@@H]3C2=O)cc1. The number of rotatable bonds is 6. The van der Waals surface area contributed by atoms with E-state index in [1.807, 2.05) is 43.3 Å². The lowest BCUT2D eigenvalue weighted by Gasteiger charge is -2.14. The molecule has 0 aromatic heterocycles. The van der Waals surface area contributed by atoms with Crippen molar-refractivity contribution in [2.24, 2.45) is 11.8 Å². The normalized spacial score (nSPS) is 21.1. The first kappa shape index (κ1) is 18.8. The van der Waals surface area contributed by atoms with E-state index < -0.39 is 25.0 Å². The highest BCUT2D eigenvalue weighted by molar-refractivity contribution is 6.07. The van der Waals surface area contributed by atoms with Crippen LogP contribution in [0.5, 0.6) is 0 Å². The van der Waals surface area contributed by atoms with Crippen LogP contribution in [0.25, 0.3) is 0 Å². The molecule has 3 amide bonds. The van der Waals surface area contributed by atoms with E-state index in [0.29, 0.717) is 19.4 Å². The first-order valence-electron chi connectivity index (χ1n) is 8.94. The van der Waals surface area contributed by atoms with Crippen molar-refractivity contribution in [3.63, 3.8) is 0 Å². The number of aryl methyl sites for hydroxylation is 1. The second-order valence-corrected chi connectivity index (χ2v) is 6.84. The average Bonchev–Trinajstić information content (AvgIpc) is 2.91. The largest absolute Gasteiger partial charge is 0.454 e. The summed E-state index contributed by atoms with van der Waals surface area (Å²) in [5.74, 6) is -2.65. The molecule has 0 bridgehead atoms. The van der Waals surface area contributed by atoms with Gasteiger partial charge in [0.2, 0.25) is 11.8 Å². The molecule has 3 rings (SSSR count). The Hall–Kier alpha value is -2.96. The molecule has 1 N–H and O–H groups in total. The standard InChI is InChI=1S/C20H22N2O5/c1-13-6-8-14(9-7-13)10-21-17(23)12-27-18(24)11-22-19(25)15-4-2-3-5-16(15)20(22)26/h2-3,6-9,15-16H,4-5,10-12H2,1H3,(H,21,23)/t15-,16-/m0/s1. The third-order valence-corrected chi connectivity index (χ3v) is 4.86. The highest BCUT2D eigenvalue weighted by Crippen LogP contribution is 2.34. The predicted octanol–water partition coefficient (Wildman–Crippen LogP) is 1.11. The van der Waals surface area contributed by atoms with E-state index in [2.05, 4.69) is 5.32 Å². The molecule has 1 aromatic rings. The van der Waals surface area contributed by atoms with Crippen LogP contribution in [-0.2, 0) is 30.5 Å².